The van der Waals surface area contributed by atoms with Gasteiger partial charge >= 0.3 is 0 Å². The number of nitrogens with zero attached hydrogens (tertiary/aromatic N) is 2. The van der Waals surface area contributed by atoms with Crippen molar-refractivity contribution >= 4 is 11.4 Å². The maximum atomic E-state index is 13.3. The Morgan fingerprint density at radius 2 is 1.52 bits per heavy atom. The molecule has 1 N–H and O–H groups in total. The average molecular weight is 419 g/mol. The summed E-state index contributed by atoms with van der Waals surface area (Å²) >= 11 is 0. The highest BCUT2D eigenvalue weighted by atomic mass is 19.1. The Balaban J connectivity index is 1.40. The van der Waals surface area contributed by atoms with Crippen molar-refractivity contribution in [2.24, 2.45) is 0 Å². The lowest BCUT2D eigenvalue weighted by molar-refractivity contribution is -0.117. The van der Waals surface area contributed by atoms with E-state index in [0.717, 1.165) is 22.7 Å². The van der Waals surface area contributed by atoms with Crippen molar-refractivity contribution in [2.45, 2.75) is 31.1 Å². The lowest BCUT2D eigenvalue weighted by atomic mass is 9.83. The van der Waals surface area contributed by atoms with Crippen molar-refractivity contribution in [1.82, 2.24) is 4.90 Å². The molecule has 3 aromatic rings. The lowest BCUT2D eigenvalue weighted by Gasteiger charge is -2.51. The first-order chi connectivity index (χ1) is 15.0. The minimum Gasteiger partial charge on any atom is -0.469 e. The summed E-state index contributed by atoms with van der Waals surface area (Å²) in [6.45, 7) is 4.19. The highest BCUT2D eigenvalue weighted by Gasteiger charge is 2.45. The van der Waals surface area contributed by atoms with Crippen molar-refractivity contribution in [3.63, 3.8) is 0 Å². The van der Waals surface area contributed by atoms with E-state index in [4.69, 9.17) is 4.74 Å². The zero-order chi connectivity index (χ0) is 21.5. The smallest absolute Gasteiger partial charge is 0.178 e. The molecule has 2 aliphatic heterocycles. The molecule has 0 saturated carbocycles. The molecule has 5 heteroatoms. The van der Waals surface area contributed by atoms with Gasteiger partial charge in [0.05, 0.1) is 17.8 Å². The van der Waals surface area contributed by atoms with Crippen LogP contribution in [0, 0.1) is 5.82 Å². The molecule has 5 rings (SSSR count). The fourth-order valence-electron chi connectivity index (χ4n) is 4.82. The quantitative estimate of drug-likeness (QED) is 0.645. The minimum atomic E-state index is -0.938. The Bertz CT molecular complexity index is 1050. The SMILES string of the molecule is CC1(N2CCC(O)(c3ccc(F)cc3)CC2)CN(c2ccccc2)c2ccccc2O1. The van der Waals surface area contributed by atoms with E-state index < -0.39 is 11.3 Å². The number of hydrogen-bond donors (Lipinski definition) is 1. The molecule has 1 fully saturated rings. The maximum Gasteiger partial charge on any atom is 0.178 e. The number of likely N-dealkylation sites (tertiary alicyclic amines) is 1. The van der Waals surface area contributed by atoms with Crippen LogP contribution in [-0.2, 0) is 5.60 Å². The maximum absolute atomic E-state index is 13.3. The summed E-state index contributed by atoms with van der Waals surface area (Å²) in [6.07, 6.45) is 1.15. The van der Waals surface area contributed by atoms with Crippen LogP contribution in [0.25, 0.3) is 0 Å². The predicted octanol–water partition coefficient (Wildman–Crippen LogP) is 5.06. The van der Waals surface area contributed by atoms with E-state index in [1.54, 1.807) is 12.1 Å². The average Bonchev–Trinajstić information content (AvgIpc) is 2.80. The van der Waals surface area contributed by atoms with Crippen LogP contribution >= 0.6 is 0 Å². The van der Waals surface area contributed by atoms with Gasteiger partial charge in [-0.1, -0.05) is 42.5 Å². The summed E-state index contributed by atoms with van der Waals surface area (Å²) in [5.74, 6) is 0.576. The molecule has 160 valence electrons. The molecule has 3 aromatic carbocycles. The summed E-state index contributed by atoms with van der Waals surface area (Å²) in [4.78, 5) is 4.62. The van der Waals surface area contributed by atoms with E-state index in [2.05, 4.69) is 47.1 Å². The number of hydrogen-bond acceptors (Lipinski definition) is 4. The van der Waals surface area contributed by atoms with Crippen molar-refractivity contribution in [3.05, 3.63) is 90.2 Å². The highest BCUT2D eigenvalue weighted by Crippen LogP contribution is 2.44. The molecule has 0 aliphatic carbocycles. The predicted molar refractivity (Wildman–Crippen MR) is 120 cm³/mol. The van der Waals surface area contributed by atoms with Gasteiger partial charge in [-0.25, -0.2) is 4.39 Å². The van der Waals surface area contributed by atoms with Crippen LogP contribution < -0.4 is 9.64 Å². The normalized spacial score (nSPS) is 23.1. The Hall–Kier alpha value is -2.89. The van der Waals surface area contributed by atoms with Crippen LogP contribution in [0.1, 0.15) is 25.3 Å². The van der Waals surface area contributed by atoms with Crippen molar-refractivity contribution in [3.8, 4) is 5.75 Å². The summed E-state index contributed by atoms with van der Waals surface area (Å²) in [7, 11) is 0. The Kier molecular flexibility index (Phi) is 4.95. The molecule has 1 saturated heterocycles. The fraction of sp³-hybridized carbons (Fsp3) is 0.308. The van der Waals surface area contributed by atoms with Crippen molar-refractivity contribution in [1.29, 1.82) is 0 Å². The van der Waals surface area contributed by atoms with E-state index in [1.165, 1.54) is 12.1 Å². The first-order valence-corrected chi connectivity index (χ1v) is 10.8. The van der Waals surface area contributed by atoms with Gasteiger partial charge in [-0.2, -0.15) is 0 Å². The van der Waals surface area contributed by atoms with Crippen LogP contribution in [0.15, 0.2) is 78.9 Å². The van der Waals surface area contributed by atoms with Crippen LogP contribution in [0.4, 0.5) is 15.8 Å². The standard InChI is InChI=1S/C26H27FN2O2/c1-25(28-17-15-26(30,16-18-28)20-11-13-21(27)14-12-20)19-29(22-7-3-2-4-8-22)23-9-5-6-10-24(23)31-25/h2-14,30H,15-19H2,1H3. The molecule has 2 aliphatic rings. The van der Waals surface area contributed by atoms with E-state index in [9.17, 15) is 9.50 Å². The number of anilines is 2. The zero-order valence-electron chi connectivity index (χ0n) is 17.7. The van der Waals surface area contributed by atoms with Crippen LogP contribution in [0.3, 0.4) is 0 Å². The van der Waals surface area contributed by atoms with Gasteiger partial charge in [-0.3, -0.25) is 4.90 Å². The summed E-state index contributed by atoms with van der Waals surface area (Å²) < 4.78 is 19.9. The number of halogens is 1. The number of para-hydroxylation sites is 3. The van der Waals surface area contributed by atoms with Gasteiger partial charge < -0.3 is 14.7 Å². The molecule has 1 unspecified atom stereocenters. The largest absolute Gasteiger partial charge is 0.469 e. The molecule has 4 nitrogen and oxygen atoms in total. The highest BCUT2D eigenvalue weighted by molar-refractivity contribution is 5.70. The summed E-state index contributed by atoms with van der Waals surface area (Å²) in [6, 6.07) is 24.7. The van der Waals surface area contributed by atoms with Crippen molar-refractivity contribution in [2.75, 3.05) is 24.5 Å². The molecule has 0 bridgehead atoms. The van der Waals surface area contributed by atoms with E-state index in [1.807, 2.05) is 24.3 Å². The van der Waals surface area contributed by atoms with Gasteiger partial charge in [0.2, 0.25) is 0 Å². The summed E-state index contributed by atoms with van der Waals surface area (Å²) in [5, 5.41) is 11.2. The third-order valence-electron chi connectivity index (χ3n) is 6.65. The first kappa shape index (κ1) is 20.0. The molecule has 0 aromatic heterocycles. The number of piperidine rings is 1. The zero-order valence-corrected chi connectivity index (χ0v) is 17.7. The molecule has 0 radical (unpaired) electrons. The van der Waals surface area contributed by atoms with E-state index >= 15 is 0 Å². The summed E-state index contributed by atoms with van der Waals surface area (Å²) in [5.41, 5.74) is 1.50. The second-order valence-corrected chi connectivity index (χ2v) is 8.69. The van der Waals surface area contributed by atoms with E-state index in [0.29, 0.717) is 32.5 Å². The molecule has 2 heterocycles. The number of aliphatic hydroxyl groups is 1. The third-order valence-corrected chi connectivity index (χ3v) is 6.65. The molecule has 1 atom stereocenters. The lowest BCUT2D eigenvalue weighted by Crippen LogP contribution is -2.62. The minimum absolute atomic E-state index is 0.285. The monoisotopic (exact) mass is 418 g/mol. The number of benzene rings is 3. The topological polar surface area (TPSA) is 35.9 Å². The molecular formula is C26H27FN2O2. The van der Waals surface area contributed by atoms with Gasteiger partial charge in [-0.15, -0.1) is 0 Å². The fourth-order valence-corrected chi connectivity index (χ4v) is 4.82. The number of rotatable bonds is 3. The molecular weight excluding hydrogens is 391 g/mol. The second kappa shape index (κ2) is 7.66. The Labute approximate surface area is 182 Å². The molecule has 0 spiro atoms. The van der Waals surface area contributed by atoms with Gasteiger partial charge in [-0.05, 0) is 61.7 Å². The second-order valence-electron chi connectivity index (χ2n) is 8.69. The number of ether oxygens (including phenoxy) is 1. The van der Waals surface area contributed by atoms with Gasteiger partial charge in [0.15, 0.2) is 5.72 Å². The molecule has 0 amide bonds. The van der Waals surface area contributed by atoms with Crippen LogP contribution in [0.5, 0.6) is 5.75 Å². The van der Waals surface area contributed by atoms with Gasteiger partial charge in [0, 0.05) is 18.8 Å². The van der Waals surface area contributed by atoms with Crippen LogP contribution in [-0.4, -0.2) is 35.4 Å². The number of fused-ring (bicyclic) bond motifs is 1. The molecule has 31 heavy (non-hydrogen) atoms. The van der Waals surface area contributed by atoms with Crippen LogP contribution in [0.2, 0.25) is 0 Å². The van der Waals surface area contributed by atoms with Gasteiger partial charge in [0.25, 0.3) is 0 Å². The van der Waals surface area contributed by atoms with E-state index in [-0.39, 0.29) is 5.82 Å². The Morgan fingerprint density at radius 3 is 2.23 bits per heavy atom. The van der Waals surface area contributed by atoms with Gasteiger partial charge in [0.1, 0.15) is 11.6 Å². The van der Waals surface area contributed by atoms with Crippen molar-refractivity contribution < 1.29 is 14.2 Å². The Morgan fingerprint density at radius 1 is 0.871 bits per heavy atom. The third kappa shape index (κ3) is 3.68. The first-order valence-electron chi connectivity index (χ1n) is 10.8.